The Morgan fingerprint density at radius 1 is 0.815 bits per heavy atom. The van der Waals surface area contributed by atoms with E-state index in [2.05, 4.69) is 23.8 Å². The van der Waals surface area contributed by atoms with Crippen molar-refractivity contribution >= 4 is 43.1 Å². The van der Waals surface area contributed by atoms with Gasteiger partial charge in [0.25, 0.3) is 11.1 Å². The van der Waals surface area contributed by atoms with Gasteiger partial charge in [0.05, 0.1) is 23.4 Å². The minimum atomic E-state index is -0.0118. The van der Waals surface area contributed by atoms with Crippen LogP contribution >= 0.6 is 22.7 Å². The minimum absolute atomic E-state index is 0.0118. The standard InChI is InChI=1S/C19H20N4O2S2/c1-3-12-8-14-16(26-12)20-10-22(18(14)24)6-5-7-23-11-21-17-15(19(23)25)9-13(4-2)27-17/h8-11H,3-7H2,1-2H3. The molecule has 140 valence electrons. The Balaban J connectivity index is 1.53. The molecule has 0 aliphatic heterocycles. The van der Waals surface area contributed by atoms with Gasteiger partial charge in [0.2, 0.25) is 0 Å². The van der Waals surface area contributed by atoms with E-state index in [0.29, 0.717) is 30.3 Å². The summed E-state index contributed by atoms with van der Waals surface area (Å²) in [6, 6.07) is 3.88. The van der Waals surface area contributed by atoms with Crippen LogP contribution in [0.1, 0.15) is 30.0 Å². The second-order valence-corrected chi connectivity index (χ2v) is 8.64. The summed E-state index contributed by atoms with van der Waals surface area (Å²) in [5, 5.41) is 1.37. The van der Waals surface area contributed by atoms with Crippen LogP contribution in [0.2, 0.25) is 0 Å². The third-order valence-electron chi connectivity index (χ3n) is 4.63. The third-order valence-corrected chi connectivity index (χ3v) is 7.01. The van der Waals surface area contributed by atoms with Crippen LogP contribution < -0.4 is 11.1 Å². The summed E-state index contributed by atoms with van der Waals surface area (Å²) >= 11 is 3.14. The minimum Gasteiger partial charge on any atom is -0.299 e. The molecule has 0 atom stereocenters. The van der Waals surface area contributed by atoms with E-state index in [1.54, 1.807) is 44.5 Å². The van der Waals surface area contributed by atoms with Gasteiger partial charge in [-0.3, -0.25) is 18.7 Å². The van der Waals surface area contributed by atoms with Crippen LogP contribution in [0.5, 0.6) is 0 Å². The molecular weight excluding hydrogens is 380 g/mol. The SMILES string of the molecule is CCc1cc2c(=O)n(CCCn3cnc4sc(CC)cc4c3=O)cnc2s1. The van der Waals surface area contributed by atoms with Crippen molar-refractivity contribution in [2.45, 2.75) is 46.2 Å². The van der Waals surface area contributed by atoms with Crippen molar-refractivity contribution in [3.8, 4) is 0 Å². The van der Waals surface area contributed by atoms with Crippen molar-refractivity contribution in [2.24, 2.45) is 0 Å². The highest BCUT2D eigenvalue weighted by molar-refractivity contribution is 7.18. The predicted molar refractivity (Wildman–Crippen MR) is 111 cm³/mol. The average molecular weight is 401 g/mol. The highest BCUT2D eigenvalue weighted by Crippen LogP contribution is 2.22. The van der Waals surface area contributed by atoms with Gasteiger partial charge in [0.15, 0.2) is 0 Å². The average Bonchev–Trinajstić information content (AvgIpc) is 3.29. The Morgan fingerprint density at radius 3 is 1.67 bits per heavy atom. The Bertz CT molecular complexity index is 1140. The quantitative estimate of drug-likeness (QED) is 0.497. The second kappa shape index (κ2) is 7.36. The molecule has 0 amide bonds. The van der Waals surface area contributed by atoms with Crippen molar-refractivity contribution in [3.05, 3.63) is 55.2 Å². The zero-order chi connectivity index (χ0) is 19.0. The van der Waals surface area contributed by atoms with Gasteiger partial charge in [-0.05, 0) is 31.4 Å². The number of hydrogen-bond acceptors (Lipinski definition) is 6. The maximum Gasteiger partial charge on any atom is 0.262 e. The van der Waals surface area contributed by atoms with Crippen LogP contribution in [0.15, 0.2) is 34.4 Å². The third kappa shape index (κ3) is 3.35. The Hall–Kier alpha value is -2.32. The fraction of sp³-hybridized carbons (Fsp3) is 0.368. The zero-order valence-corrected chi connectivity index (χ0v) is 16.9. The number of hydrogen-bond donors (Lipinski definition) is 0. The molecule has 0 fully saturated rings. The van der Waals surface area contributed by atoms with Crippen LogP contribution in [0.25, 0.3) is 20.4 Å². The van der Waals surface area contributed by atoms with Gasteiger partial charge in [0, 0.05) is 22.8 Å². The topological polar surface area (TPSA) is 69.8 Å². The zero-order valence-electron chi connectivity index (χ0n) is 15.3. The summed E-state index contributed by atoms with van der Waals surface area (Å²) in [6.07, 6.45) is 5.69. The molecule has 0 saturated heterocycles. The van der Waals surface area contributed by atoms with Gasteiger partial charge >= 0.3 is 0 Å². The number of thiophene rings is 2. The van der Waals surface area contributed by atoms with E-state index in [1.165, 1.54) is 9.75 Å². The molecule has 4 aromatic heterocycles. The van der Waals surface area contributed by atoms with E-state index in [0.717, 1.165) is 22.5 Å². The lowest BCUT2D eigenvalue weighted by atomic mass is 10.3. The molecule has 4 rings (SSSR count). The lowest BCUT2D eigenvalue weighted by molar-refractivity contribution is 0.539. The lowest BCUT2D eigenvalue weighted by Crippen LogP contribution is -2.23. The molecule has 0 N–H and O–H groups in total. The second-order valence-electron chi connectivity index (χ2n) is 6.41. The van der Waals surface area contributed by atoms with E-state index in [9.17, 15) is 9.59 Å². The summed E-state index contributed by atoms with van der Waals surface area (Å²) in [4.78, 5) is 38.0. The highest BCUT2D eigenvalue weighted by Gasteiger charge is 2.10. The first-order valence-electron chi connectivity index (χ1n) is 9.06. The molecule has 27 heavy (non-hydrogen) atoms. The van der Waals surface area contributed by atoms with Gasteiger partial charge < -0.3 is 0 Å². The Labute approximate surface area is 163 Å². The van der Waals surface area contributed by atoms with Crippen LogP contribution in [0.3, 0.4) is 0 Å². The lowest BCUT2D eigenvalue weighted by Gasteiger charge is -2.07. The first-order chi connectivity index (χ1) is 13.1. The molecule has 6 nitrogen and oxygen atoms in total. The van der Waals surface area contributed by atoms with Gasteiger partial charge in [-0.2, -0.15) is 0 Å². The number of aryl methyl sites for hydroxylation is 4. The number of rotatable bonds is 6. The molecule has 0 radical (unpaired) electrons. The summed E-state index contributed by atoms with van der Waals surface area (Å²) < 4.78 is 3.26. The first-order valence-corrected chi connectivity index (χ1v) is 10.7. The van der Waals surface area contributed by atoms with E-state index < -0.39 is 0 Å². The van der Waals surface area contributed by atoms with E-state index in [4.69, 9.17) is 0 Å². The van der Waals surface area contributed by atoms with Crippen molar-refractivity contribution in [3.63, 3.8) is 0 Å². The Kier molecular flexibility index (Phi) is 4.92. The van der Waals surface area contributed by atoms with Crippen molar-refractivity contribution in [1.29, 1.82) is 0 Å². The molecule has 0 spiro atoms. The molecule has 0 aliphatic carbocycles. The normalized spacial score (nSPS) is 11.6. The fourth-order valence-corrected chi connectivity index (χ4v) is 4.95. The van der Waals surface area contributed by atoms with E-state index >= 15 is 0 Å². The van der Waals surface area contributed by atoms with Crippen molar-refractivity contribution < 1.29 is 0 Å². The van der Waals surface area contributed by atoms with Gasteiger partial charge in [0.1, 0.15) is 9.66 Å². The molecule has 0 unspecified atom stereocenters. The van der Waals surface area contributed by atoms with Crippen LogP contribution in [-0.4, -0.2) is 19.1 Å². The van der Waals surface area contributed by atoms with E-state index in [-0.39, 0.29) is 11.1 Å². The fourth-order valence-electron chi connectivity index (χ4n) is 3.10. The van der Waals surface area contributed by atoms with Crippen LogP contribution in [-0.2, 0) is 25.9 Å². The largest absolute Gasteiger partial charge is 0.299 e. The summed E-state index contributed by atoms with van der Waals surface area (Å²) in [7, 11) is 0. The Morgan fingerprint density at radius 2 is 1.26 bits per heavy atom. The first kappa shape index (κ1) is 18.1. The molecular formula is C19H20N4O2S2. The molecule has 0 aliphatic rings. The molecule has 4 aromatic rings. The maximum absolute atomic E-state index is 12.6. The number of fused-ring (bicyclic) bond motifs is 2. The maximum atomic E-state index is 12.6. The molecule has 0 saturated carbocycles. The monoisotopic (exact) mass is 400 g/mol. The highest BCUT2D eigenvalue weighted by atomic mass is 32.1. The van der Waals surface area contributed by atoms with Crippen molar-refractivity contribution in [2.75, 3.05) is 0 Å². The molecule has 8 heteroatoms. The summed E-state index contributed by atoms with van der Waals surface area (Å²) in [5.41, 5.74) is -0.0235. The number of nitrogens with zero attached hydrogens (tertiary/aromatic N) is 4. The van der Waals surface area contributed by atoms with Gasteiger partial charge in [-0.25, -0.2) is 9.97 Å². The predicted octanol–water partition coefficient (Wildman–Crippen LogP) is 3.44. The summed E-state index contributed by atoms with van der Waals surface area (Å²) in [5.74, 6) is 0. The van der Waals surface area contributed by atoms with Gasteiger partial charge in [-0.15, -0.1) is 22.7 Å². The number of aromatic nitrogens is 4. The molecule has 0 aromatic carbocycles. The smallest absolute Gasteiger partial charge is 0.262 e. The van der Waals surface area contributed by atoms with E-state index in [1.807, 2.05) is 12.1 Å². The van der Waals surface area contributed by atoms with Crippen LogP contribution in [0, 0.1) is 0 Å². The van der Waals surface area contributed by atoms with Crippen LogP contribution in [0.4, 0.5) is 0 Å². The molecule has 0 bridgehead atoms. The summed E-state index contributed by atoms with van der Waals surface area (Å²) in [6.45, 7) is 5.19. The van der Waals surface area contributed by atoms with Crippen molar-refractivity contribution in [1.82, 2.24) is 19.1 Å². The molecule has 4 heterocycles. The van der Waals surface area contributed by atoms with Gasteiger partial charge in [-0.1, -0.05) is 13.8 Å².